The predicted molar refractivity (Wildman–Crippen MR) is 151 cm³/mol. The van der Waals surface area contributed by atoms with Gasteiger partial charge in [-0.1, -0.05) is 84.9 Å². The van der Waals surface area contributed by atoms with Gasteiger partial charge in [-0.2, -0.15) is 0 Å². The standard InChI is InChI=1S/C34H30O6/c1-38-27-17-9-7-15-24(27)29-31(33(35)36)30(25-16-8-10-18-28(25)39-2)32(29)34(37)40-19-26-22-13-5-3-11-20(22)21-12-4-6-14-23(21)26/h3-18,26,29-32H,19H2,1-2H3,(H,35,36)/t29-,30-,31?,32?/m1/s1. The third-order valence-corrected chi connectivity index (χ3v) is 8.46. The lowest BCUT2D eigenvalue weighted by molar-refractivity contribution is -0.164. The minimum Gasteiger partial charge on any atom is -0.496 e. The van der Waals surface area contributed by atoms with Crippen LogP contribution in [0.3, 0.4) is 0 Å². The molecule has 0 amide bonds. The second kappa shape index (κ2) is 10.5. The number of carboxylic acids is 1. The molecule has 6 nitrogen and oxygen atoms in total. The normalized spacial score (nSPS) is 21.1. The molecule has 2 atom stereocenters. The van der Waals surface area contributed by atoms with Gasteiger partial charge in [-0.25, -0.2) is 0 Å². The monoisotopic (exact) mass is 534 g/mol. The van der Waals surface area contributed by atoms with Crippen molar-refractivity contribution in [2.24, 2.45) is 11.8 Å². The first-order chi connectivity index (χ1) is 19.5. The zero-order valence-corrected chi connectivity index (χ0v) is 22.3. The molecule has 0 radical (unpaired) electrons. The van der Waals surface area contributed by atoms with E-state index in [9.17, 15) is 14.7 Å². The van der Waals surface area contributed by atoms with Crippen LogP contribution in [0.25, 0.3) is 11.1 Å². The predicted octanol–water partition coefficient (Wildman–Crippen LogP) is 6.26. The number of para-hydroxylation sites is 2. The van der Waals surface area contributed by atoms with E-state index >= 15 is 0 Å². The maximum absolute atomic E-state index is 14.0. The van der Waals surface area contributed by atoms with Crippen molar-refractivity contribution in [1.29, 1.82) is 0 Å². The fraction of sp³-hybridized carbons (Fsp3) is 0.235. The largest absolute Gasteiger partial charge is 0.496 e. The van der Waals surface area contributed by atoms with Crippen LogP contribution >= 0.6 is 0 Å². The van der Waals surface area contributed by atoms with E-state index in [1.54, 1.807) is 26.4 Å². The molecule has 0 saturated heterocycles. The minimum absolute atomic E-state index is 0.0962. The Morgan fingerprint density at radius 3 is 1.50 bits per heavy atom. The highest BCUT2D eigenvalue weighted by Gasteiger charge is 2.60. The van der Waals surface area contributed by atoms with Crippen LogP contribution in [-0.2, 0) is 14.3 Å². The van der Waals surface area contributed by atoms with Gasteiger partial charge in [0, 0.05) is 17.8 Å². The van der Waals surface area contributed by atoms with Crippen LogP contribution in [0.15, 0.2) is 97.1 Å². The van der Waals surface area contributed by atoms with Gasteiger partial charge < -0.3 is 19.3 Å². The summed E-state index contributed by atoms with van der Waals surface area (Å²) in [6.07, 6.45) is 0. The topological polar surface area (TPSA) is 82.1 Å². The highest BCUT2D eigenvalue weighted by atomic mass is 16.5. The van der Waals surface area contributed by atoms with Crippen LogP contribution < -0.4 is 9.47 Å². The van der Waals surface area contributed by atoms with Crippen molar-refractivity contribution < 1.29 is 28.9 Å². The molecule has 6 heteroatoms. The molecule has 1 saturated carbocycles. The highest BCUT2D eigenvalue weighted by Crippen LogP contribution is 2.60. The molecule has 0 heterocycles. The lowest BCUT2D eigenvalue weighted by Gasteiger charge is -2.49. The summed E-state index contributed by atoms with van der Waals surface area (Å²) in [5.74, 6) is -3.25. The van der Waals surface area contributed by atoms with Gasteiger partial charge in [0.2, 0.25) is 0 Å². The van der Waals surface area contributed by atoms with E-state index in [4.69, 9.17) is 14.2 Å². The molecular formula is C34H30O6. The molecule has 0 spiro atoms. The molecular weight excluding hydrogens is 504 g/mol. The molecule has 0 unspecified atom stereocenters. The molecule has 4 aromatic carbocycles. The lowest BCUT2D eigenvalue weighted by Crippen LogP contribution is -2.51. The highest BCUT2D eigenvalue weighted by molar-refractivity contribution is 5.85. The summed E-state index contributed by atoms with van der Waals surface area (Å²) >= 11 is 0. The number of carbonyl (C=O) groups excluding carboxylic acids is 1. The molecule has 0 bridgehead atoms. The van der Waals surface area contributed by atoms with Crippen LogP contribution in [0.1, 0.15) is 40.0 Å². The number of hydrogen-bond donors (Lipinski definition) is 1. The number of fused-ring (bicyclic) bond motifs is 3. The Morgan fingerprint density at radius 2 is 1.05 bits per heavy atom. The fourth-order valence-electron chi connectivity index (χ4n) is 6.71. The minimum atomic E-state index is -0.977. The molecule has 0 aliphatic heterocycles. The van der Waals surface area contributed by atoms with Crippen LogP contribution in [0.5, 0.6) is 11.5 Å². The first-order valence-corrected chi connectivity index (χ1v) is 13.4. The average molecular weight is 535 g/mol. The third kappa shape index (κ3) is 4.11. The number of methoxy groups -OCH3 is 2. The smallest absolute Gasteiger partial charge is 0.310 e. The van der Waals surface area contributed by atoms with E-state index in [0.717, 1.165) is 22.3 Å². The van der Waals surface area contributed by atoms with Crippen LogP contribution in [-0.4, -0.2) is 37.9 Å². The van der Waals surface area contributed by atoms with Gasteiger partial charge in [0.05, 0.1) is 26.1 Å². The summed E-state index contributed by atoms with van der Waals surface area (Å²) in [7, 11) is 3.10. The van der Waals surface area contributed by atoms with E-state index in [-0.39, 0.29) is 12.5 Å². The third-order valence-electron chi connectivity index (χ3n) is 8.46. The molecule has 2 aliphatic carbocycles. The van der Waals surface area contributed by atoms with Crippen LogP contribution in [0.4, 0.5) is 0 Å². The number of hydrogen-bond acceptors (Lipinski definition) is 5. The summed E-state index contributed by atoms with van der Waals surface area (Å²) in [6, 6.07) is 30.9. The molecule has 1 N–H and O–H groups in total. The lowest BCUT2D eigenvalue weighted by atomic mass is 9.52. The van der Waals surface area contributed by atoms with E-state index in [2.05, 4.69) is 24.3 Å². The van der Waals surface area contributed by atoms with Gasteiger partial charge in [0.15, 0.2) is 0 Å². The van der Waals surface area contributed by atoms with Crippen molar-refractivity contribution in [2.45, 2.75) is 17.8 Å². The van der Waals surface area contributed by atoms with E-state index < -0.39 is 35.6 Å². The summed E-state index contributed by atoms with van der Waals surface area (Å²) in [5.41, 5.74) is 5.90. The zero-order valence-electron chi connectivity index (χ0n) is 22.3. The molecule has 1 fully saturated rings. The van der Waals surface area contributed by atoms with Gasteiger partial charge in [-0.15, -0.1) is 0 Å². The van der Waals surface area contributed by atoms with Gasteiger partial charge in [0.1, 0.15) is 18.1 Å². The molecule has 0 aromatic heterocycles. The Hall–Kier alpha value is -4.58. The Kier molecular flexibility index (Phi) is 6.76. The van der Waals surface area contributed by atoms with Gasteiger partial charge in [0.25, 0.3) is 0 Å². The van der Waals surface area contributed by atoms with Crippen molar-refractivity contribution >= 4 is 11.9 Å². The van der Waals surface area contributed by atoms with Crippen LogP contribution in [0.2, 0.25) is 0 Å². The first-order valence-electron chi connectivity index (χ1n) is 13.4. The summed E-state index contributed by atoms with van der Waals surface area (Å²) in [6.45, 7) is 0.165. The summed E-state index contributed by atoms with van der Waals surface area (Å²) in [5, 5.41) is 10.4. The van der Waals surface area contributed by atoms with Crippen molar-refractivity contribution in [2.75, 3.05) is 20.8 Å². The number of benzene rings is 4. The average Bonchev–Trinajstić information content (AvgIpc) is 3.29. The maximum atomic E-state index is 14.0. The molecule has 6 rings (SSSR count). The number of carboxylic acid groups (broad SMARTS) is 1. The van der Waals surface area contributed by atoms with Crippen molar-refractivity contribution in [3.63, 3.8) is 0 Å². The molecule has 2 aliphatic rings. The number of ether oxygens (including phenoxy) is 3. The molecule has 40 heavy (non-hydrogen) atoms. The second-order valence-corrected chi connectivity index (χ2v) is 10.3. The maximum Gasteiger partial charge on any atom is 0.310 e. The Labute approximate surface area is 233 Å². The Bertz CT molecular complexity index is 1480. The summed E-state index contributed by atoms with van der Waals surface area (Å²) < 4.78 is 17.3. The first kappa shape index (κ1) is 25.7. The molecule has 202 valence electrons. The number of carbonyl (C=O) groups is 2. The van der Waals surface area contributed by atoms with E-state index in [0.29, 0.717) is 22.6 Å². The van der Waals surface area contributed by atoms with E-state index in [1.165, 1.54) is 0 Å². The SMILES string of the molecule is COc1ccccc1[C@@H]1C(C(=O)O)[C@@H](c2ccccc2OC)C1C(=O)OCC1c2ccccc2-c2ccccc21. The second-order valence-electron chi connectivity index (χ2n) is 10.3. The van der Waals surface area contributed by atoms with Crippen molar-refractivity contribution in [3.8, 4) is 22.6 Å². The molecule has 4 aromatic rings. The zero-order chi connectivity index (χ0) is 27.8. The number of rotatable bonds is 8. The van der Waals surface area contributed by atoms with Crippen LogP contribution in [0, 0.1) is 11.8 Å². The van der Waals surface area contributed by atoms with Gasteiger partial charge in [-0.3, -0.25) is 9.59 Å². The quantitative estimate of drug-likeness (QED) is 0.269. The fourth-order valence-corrected chi connectivity index (χ4v) is 6.71. The number of aliphatic carboxylic acids is 1. The van der Waals surface area contributed by atoms with E-state index in [1.807, 2.05) is 60.7 Å². The number of esters is 1. The van der Waals surface area contributed by atoms with Crippen molar-refractivity contribution in [1.82, 2.24) is 0 Å². The van der Waals surface area contributed by atoms with Gasteiger partial charge >= 0.3 is 11.9 Å². The van der Waals surface area contributed by atoms with Gasteiger partial charge in [-0.05, 0) is 45.5 Å². The Morgan fingerprint density at radius 1 is 0.625 bits per heavy atom. The summed E-state index contributed by atoms with van der Waals surface area (Å²) in [4.78, 5) is 26.8. The van der Waals surface area contributed by atoms with Crippen molar-refractivity contribution in [3.05, 3.63) is 119 Å². The Balaban J connectivity index is 1.37.